The summed E-state index contributed by atoms with van der Waals surface area (Å²) in [5.74, 6) is 1.18. The summed E-state index contributed by atoms with van der Waals surface area (Å²) in [4.78, 5) is 12.2. The van der Waals surface area contributed by atoms with Crippen LogP contribution in [0.4, 0.5) is 0 Å². The predicted molar refractivity (Wildman–Crippen MR) is 106 cm³/mol. The van der Waals surface area contributed by atoms with Crippen LogP contribution in [0.2, 0.25) is 0 Å². The van der Waals surface area contributed by atoms with Gasteiger partial charge in [0.25, 0.3) is 0 Å². The number of pyridine rings is 1. The molecule has 0 spiro atoms. The highest BCUT2D eigenvalue weighted by molar-refractivity contribution is 5.25. The first-order chi connectivity index (χ1) is 12.7. The lowest BCUT2D eigenvalue weighted by Gasteiger charge is -2.35. The van der Waals surface area contributed by atoms with E-state index in [1.807, 2.05) is 6.20 Å². The van der Waals surface area contributed by atoms with E-state index in [1.165, 1.54) is 29.9 Å². The zero-order valence-electron chi connectivity index (χ0n) is 16.3. The van der Waals surface area contributed by atoms with Crippen LogP contribution in [0.5, 0.6) is 0 Å². The van der Waals surface area contributed by atoms with Crippen LogP contribution in [0.1, 0.15) is 67.8 Å². The third-order valence-electron chi connectivity index (χ3n) is 5.29. The maximum absolute atomic E-state index is 5.74. The van der Waals surface area contributed by atoms with Crippen molar-refractivity contribution in [1.82, 2.24) is 19.4 Å². The van der Waals surface area contributed by atoms with E-state index in [0.717, 1.165) is 57.6 Å². The Morgan fingerprint density at radius 2 is 2.23 bits per heavy atom. The Balaban J connectivity index is 1.84. The maximum Gasteiger partial charge on any atom is 0.123 e. The highest BCUT2D eigenvalue weighted by Gasteiger charge is 2.27. The molecule has 0 amide bonds. The smallest absolute Gasteiger partial charge is 0.123 e. The summed E-state index contributed by atoms with van der Waals surface area (Å²) in [5.41, 5.74) is 9.54. The van der Waals surface area contributed by atoms with Gasteiger partial charge in [-0.05, 0) is 70.2 Å². The summed E-state index contributed by atoms with van der Waals surface area (Å²) in [6.07, 6.45) is 11.0. The molecule has 1 atom stereocenters. The van der Waals surface area contributed by atoms with Gasteiger partial charge in [-0.15, -0.1) is 0 Å². The van der Waals surface area contributed by atoms with Crippen molar-refractivity contribution < 1.29 is 0 Å². The Hall–Kier alpha value is -1.72. The molecule has 0 aromatic carbocycles. The predicted octanol–water partition coefficient (Wildman–Crippen LogP) is 3.62. The number of rotatable bonds is 9. The number of hydrogen-bond donors (Lipinski definition) is 1. The standard InChI is InChI=1S/C21H33N5/c1-3-13-26-15-17(2)24-20(26)16-25(14-5-4-11-22)19-10-6-8-18-9-7-12-23-21(18)19/h7,9,12,15,19H,3-6,8,10-11,13-14,16,22H2,1-2H3. The molecule has 26 heavy (non-hydrogen) atoms. The lowest BCUT2D eigenvalue weighted by atomic mass is 9.90. The monoisotopic (exact) mass is 355 g/mol. The average Bonchev–Trinajstić information content (AvgIpc) is 3.00. The zero-order valence-corrected chi connectivity index (χ0v) is 16.3. The van der Waals surface area contributed by atoms with Crippen molar-refractivity contribution >= 4 is 0 Å². The fourth-order valence-electron chi connectivity index (χ4n) is 4.08. The van der Waals surface area contributed by atoms with Gasteiger partial charge in [-0.1, -0.05) is 13.0 Å². The molecule has 5 heteroatoms. The van der Waals surface area contributed by atoms with E-state index in [0.29, 0.717) is 6.04 Å². The largest absolute Gasteiger partial charge is 0.334 e. The third-order valence-corrected chi connectivity index (χ3v) is 5.29. The Morgan fingerprint density at radius 1 is 1.35 bits per heavy atom. The van der Waals surface area contributed by atoms with Crippen LogP contribution < -0.4 is 5.73 Å². The Kier molecular flexibility index (Phi) is 6.80. The van der Waals surface area contributed by atoms with Crippen molar-refractivity contribution in [1.29, 1.82) is 0 Å². The van der Waals surface area contributed by atoms with E-state index in [2.05, 4.69) is 41.6 Å². The second-order valence-corrected chi connectivity index (χ2v) is 7.41. The van der Waals surface area contributed by atoms with E-state index >= 15 is 0 Å². The van der Waals surface area contributed by atoms with Crippen LogP contribution in [-0.2, 0) is 19.5 Å². The molecule has 2 aromatic heterocycles. The molecule has 142 valence electrons. The van der Waals surface area contributed by atoms with Crippen LogP contribution in [-0.4, -0.2) is 32.5 Å². The normalized spacial score (nSPS) is 16.8. The first-order valence-electron chi connectivity index (χ1n) is 10.1. The second kappa shape index (κ2) is 9.28. The summed E-state index contributed by atoms with van der Waals surface area (Å²) in [6.45, 7) is 8.05. The van der Waals surface area contributed by atoms with Crippen molar-refractivity contribution in [3.05, 3.63) is 47.3 Å². The first-order valence-corrected chi connectivity index (χ1v) is 10.1. The summed E-state index contributed by atoms with van der Waals surface area (Å²) in [6, 6.07) is 4.70. The number of hydrogen-bond acceptors (Lipinski definition) is 4. The molecule has 1 aliphatic rings. The van der Waals surface area contributed by atoms with Gasteiger partial charge in [0.05, 0.1) is 24.0 Å². The average molecular weight is 356 g/mol. The maximum atomic E-state index is 5.74. The van der Waals surface area contributed by atoms with Gasteiger partial charge in [0.1, 0.15) is 5.82 Å². The fourth-order valence-corrected chi connectivity index (χ4v) is 4.08. The van der Waals surface area contributed by atoms with E-state index in [-0.39, 0.29) is 0 Å². The molecule has 2 heterocycles. The highest BCUT2D eigenvalue weighted by Crippen LogP contribution is 2.33. The van der Waals surface area contributed by atoms with Crippen LogP contribution in [0.25, 0.3) is 0 Å². The number of aromatic nitrogens is 3. The van der Waals surface area contributed by atoms with Crippen molar-refractivity contribution in [2.45, 2.75) is 71.5 Å². The van der Waals surface area contributed by atoms with Crippen molar-refractivity contribution in [3.63, 3.8) is 0 Å². The number of fused-ring (bicyclic) bond motifs is 1. The molecule has 0 radical (unpaired) electrons. The fraction of sp³-hybridized carbons (Fsp3) is 0.619. The number of unbranched alkanes of at least 4 members (excludes halogenated alkanes) is 1. The molecule has 1 aliphatic carbocycles. The van der Waals surface area contributed by atoms with Crippen LogP contribution in [0.3, 0.4) is 0 Å². The zero-order chi connectivity index (χ0) is 18.4. The number of aryl methyl sites for hydroxylation is 3. The summed E-state index contributed by atoms with van der Waals surface area (Å²) in [5, 5.41) is 0. The van der Waals surface area contributed by atoms with Gasteiger partial charge < -0.3 is 10.3 Å². The van der Waals surface area contributed by atoms with Gasteiger partial charge in [0.15, 0.2) is 0 Å². The molecular formula is C21H33N5. The van der Waals surface area contributed by atoms with Crippen molar-refractivity contribution in [2.24, 2.45) is 5.73 Å². The van der Waals surface area contributed by atoms with Gasteiger partial charge in [0.2, 0.25) is 0 Å². The molecular weight excluding hydrogens is 322 g/mol. The topological polar surface area (TPSA) is 60.0 Å². The Bertz CT molecular complexity index is 693. The minimum Gasteiger partial charge on any atom is -0.334 e. The number of nitrogens with zero attached hydrogens (tertiary/aromatic N) is 4. The van der Waals surface area contributed by atoms with Crippen LogP contribution >= 0.6 is 0 Å². The van der Waals surface area contributed by atoms with Gasteiger partial charge in [-0.3, -0.25) is 9.88 Å². The number of imidazole rings is 1. The van der Waals surface area contributed by atoms with Gasteiger partial charge >= 0.3 is 0 Å². The van der Waals surface area contributed by atoms with E-state index in [1.54, 1.807) is 0 Å². The van der Waals surface area contributed by atoms with E-state index < -0.39 is 0 Å². The summed E-state index contributed by atoms with van der Waals surface area (Å²) >= 11 is 0. The van der Waals surface area contributed by atoms with Crippen molar-refractivity contribution in [2.75, 3.05) is 13.1 Å². The Morgan fingerprint density at radius 3 is 3.04 bits per heavy atom. The van der Waals surface area contributed by atoms with Crippen LogP contribution in [0, 0.1) is 6.92 Å². The molecule has 0 fully saturated rings. The van der Waals surface area contributed by atoms with E-state index in [4.69, 9.17) is 15.7 Å². The highest BCUT2D eigenvalue weighted by atomic mass is 15.2. The minimum atomic E-state index is 0.393. The molecule has 3 rings (SSSR count). The lowest BCUT2D eigenvalue weighted by Crippen LogP contribution is -2.33. The first kappa shape index (κ1) is 19.1. The quantitative estimate of drug-likeness (QED) is 0.698. The molecule has 0 aliphatic heterocycles. The summed E-state index contributed by atoms with van der Waals surface area (Å²) in [7, 11) is 0. The SMILES string of the molecule is CCCn1cc(C)nc1CN(CCCCN)C1CCCc2cccnc21. The third kappa shape index (κ3) is 4.51. The molecule has 1 unspecified atom stereocenters. The molecule has 2 N–H and O–H groups in total. The summed E-state index contributed by atoms with van der Waals surface area (Å²) < 4.78 is 2.33. The second-order valence-electron chi connectivity index (χ2n) is 7.41. The van der Waals surface area contributed by atoms with Crippen molar-refractivity contribution in [3.8, 4) is 0 Å². The van der Waals surface area contributed by atoms with Gasteiger partial charge in [-0.25, -0.2) is 4.98 Å². The minimum absolute atomic E-state index is 0.393. The lowest BCUT2D eigenvalue weighted by molar-refractivity contribution is 0.157. The van der Waals surface area contributed by atoms with Crippen LogP contribution in [0.15, 0.2) is 24.5 Å². The molecule has 2 aromatic rings. The molecule has 0 saturated heterocycles. The number of nitrogens with two attached hydrogens (primary N) is 1. The Labute approximate surface area is 157 Å². The van der Waals surface area contributed by atoms with Gasteiger partial charge in [0, 0.05) is 18.9 Å². The molecule has 0 bridgehead atoms. The molecule has 0 saturated carbocycles. The van der Waals surface area contributed by atoms with Gasteiger partial charge in [-0.2, -0.15) is 0 Å². The van der Waals surface area contributed by atoms with E-state index in [9.17, 15) is 0 Å². The molecule has 5 nitrogen and oxygen atoms in total.